The molecular formula is C17H20FN5O. The van der Waals surface area contributed by atoms with E-state index in [4.69, 9.17) is 4.52 Å². The molecule has 4 rings (SSSR count). The molecule has 1 saturated heterocycles. The SMILES string of the molecule is CC(C)c1nn(-c2noc(C[C@@H]3CCNC3)n2)c2c(F)cccc12. The summed E-state index contributed by atoms with van der Waals surface area (Å²) in [5.41, 5.74) is 1.23. The van der Waals surface area contributed by atoms with Crippen molar-refractivity contribution in [3.05, 3.63) is 35.6 Å². The first-order valence-corrected chi connectivity index (χ1v) is 8.34. The highest BCUT2D eigenvalue weighted by molar-refractivity contribution is 5.84. The van der Waals surface area contributed by atoms with Gasteiger partial charge in [-0.15, -0.1) is 0 Å². The Labute approximate surface area is 139 Å². The summed E-state index contributed by atoms with van der Waals surface area (Å²) in [6.07, 6.45) is 1.84. The fourth-order valence-corrected chi connectivity index (χ4v) is 3.27. The highest BCUT2D eigenvalue weighted by atomic mass is 19.1. The van der Waals surface area contributed by atoms with Crippen molar-refractivity contribution < 1.29 is 8.91 Å². The van der Waals surface area contributed by atoms with Gasteiger partial charge in [0.15, 0.2) is 0 Å². The van der Waals surface area contributed by atoms with Gasteiger partial charge in [0.1, 0.15) is 11.3 Å². The van der Waals surface area contributed by atoms with E-state index in [0.29, 0.717) is 17.3 Å². The largest absolute Gasteiger partial charge is 0.337 e. The topological polar surface area (TPSA) is 68.8 Å². The maximum Gasteiger partial charge on any atom is 0.291 e. The van der Waals surface area contributed by atoms with Gasteiger partial charge in [-0.05, 0) is 42.6 Å². The Hall–Kier alpha value is -2.28. The van der Waals surface area contributed by atoms with E-state index in [1.807, 2.05) is 19.9 Å². The maximum atomic E-state index is 14.4. The summed E-state index contributed by atoms with van der Waals surface area (Å²) >= 11 is 0. The average Bonchev–Trinajstić information content (AvgIpc) is 3.26. The van der Waals surface area contributed by atoms with Crippen molar-refractivity contribution in [1.82, 2.24) is 25.2 Å². The van der Waals surface area contributed by atoms with E-state index in [1.54, 1.807) is 6.07 Å². The molecule has 0 saturated carbocycles. The molecule has 7 heteroatoms. The number of nitrogens with one attached hydrogen (secondary N) is 1. The standard InChI is InChI=1S/C17H20FN5O/c1-10(2)15-12-4-3-5-13(18)16(12)23(21-15)17-20-14(24-22-17)8-11-6-7-19-9-11/h3-5,10-11,19H,6-9H2,1-2H3/t11-/m0/s1. The van der Waals surface area contributed by atoms with Crippen molar-refractivity contribution in [3.8, 4) is 5.95 Å². The zero-order valence-corrected chi connectivity index (χ0v) is 13.8. The molecule has 0 spiro atoms. The quantitative estimate of drug-likeness (QED) is 0.797. The summed E-state index contributed by atoms with van der Waals surface area (Å²) in [5.74, 6) is 1.21. The Kier molecular flexibility index (Phi) is 3.80. The smallest absolute Gasteiger partial charge is 0.291 e. The number of aromatic nitrogens is 4. The van der Waals surface area contributed by atoms with Crippen LogP contribution in [0.3, 0.4) is 0 Å². The molecule has 6 nitrogen and oxygen atoms in total. The van der Waals surface area contributed by atoms with E-state index >= 15 is 0 Å². The minimum Gasteiger partial charge on any atom is -0.337 e. The van der Waals surface area contributed by atoms with E-state index in [0.717, 1.165) is 37.0 Å². The monoisotopic (exact) mass is 329 g/mol. The molecule has 2 aromatic heterocycles. The molecular weight excluding hydrogens is 309 g/mol. The molecule has 3 aromatic rings. The first kappa shape index (κ1) is 15.3. The van der Waals surface area contributed by atoms with Crippen LogP contribution in [-0.2, 0) is 6.42 Å². The predicted octanol–water partition coefficient (Wildman–Crippen LogP) is 2.82. The first-order valence-electron chi connectivity index (χ1n) is 8.34. The minimum atomic E-state index is -0.335. The van der Waals surface area contributed by atoms with Crippen molar-refractivity contribution in [2.45, 2.75) is 32.6 Å². The number of fused-ring (bicyclic) bond motifs is 1. The van der Waals surface area contributed by atoms with Crippen LogP contribution in [0.4, 0.5) is 4.39 Å². The molecule has 1 atom stereocenters. The first-order chi connectivity index (χ1) is 11.6. The average molecular weight is 329 g/mol. The molecule has 0 bridgehead atoms. The van der Waals surface area contributed by atoms with Gasteiger partial charge in [0.05, 0.1) is 5.69 Å². The van der Waals surface area contributed by atoms with Gasteiger partial charge in [0, 0.05) is 11.8 Å². The number of para-hydroxylation sites is 1. The number of nitrogens with zero attached hydrogens (tertiary/aromatic N) is 4. The van der Waals surface area contributed by atoms with E-state index in [1.165, 1.54) is 10.7 Å². The lowest BCUT2D eigenvalue weighted by atomic mass is 10.1. The van der Waals surface area contributed by atoms with Crippen molar-refractivity contribution >= 4 is 10.9 Å². The third-order valence-corrected chi connectivity index (χ3v) is 4.50. The molecule has 3 heterocycles. The molecule has 1 fully saturated rings. The molecule has 0 unspecified atom stereocenters. The third kappa shape index (κ3) is 2.58. The van der Waals surface area contributed by atoms with E-state index in [-0.39, 0.29) is 17.7 Å². The van der Waals surface area contributed by atoms with E-state index in [9.17, 15) is 4.39 Å². The van der Waals surface area contributed by atoms with Crippen LogP contribution >= 0.6 is 0 Å². The Morgan fingerprint density at radius 1 is 1.42 bits per heavy atom. The molecule has 1 aromatic carbocycles. The van der Waals surface area contributed by atoms with Gasteiger partial charge >= 0.3 is 0 Å². The van der Waals surface area contributed by atoms with Crippen LogP contribution in [-0.4, -0.2) is 33.0 Å². The van der Waals surface area contributed by atoms with Gasteiger partial charge in [-0.2, -0.15) is 14.8 Å². The summed E-state index contributed by atoms with van der Waals surface area (Å²) in [4.78, 5) is 4.44. The second-order valence-corrected chi connectivity index (χ2v) is 6.64. The van der Waals surface area contributed by atoms with Gasteiger partial charge in [-0.3, -0.25) is 0 Å². The molecule has 24 heavy (non-hydrogen) atoms. The summed E-state index contributed by atoms with van der Waals surface area (Å²) in [6.45, 7) is 6.06. The predicted molar refractivity (Wildman–Crippen MR) is 87.7 cm³/mol. The molecule has 0 radical (unpaired) electrons. The maximum absolute atomic E-state index is 14.4. The van der Waals surface area contributed by atoms with Crippen molar-refractivity contribution in [3.63, 3.8) is 0 Å². The van der Waals surface area contributed by atoms with Crippen LogP contribution in [0, 0.1) is 11.7 Å². The Bertz CT molecular complexity index is 863. The molecule has 1 aliphatic heterocycles. The van der Waals surface area contributed by atoms with Crippen molar-refractivity contribution in [2.24, 2.45) is 5.92 Å². The Morgan fingerprint density at radius 2 is 2.29 bits per heavy atom. The van der Waals surface area contributed by atoms with Gasteiger partial charge in [-0.25, -0.2) is 4.39 Å². The number of hydrogen-bond acceptors (Lipinski definition) is 5. The molecule has 1 N–H and O–H groups in total. The van der Waals surface area contributed by atoms with Gasteiger partial charge in [0.25, 0.3) is 5.95 Å². The lowest BCUT2D eigenvalue weighted by Crippen LogP contribution is -2.11. The molecule has 0 amide bonds. The summed E-state index contributed by atoms with van der Waals surface area (Å²) in [5, 5.41) is 12.7. The highest BCUT2D eigenvalue weighted by Gasteiger charge is 2.22. The van der Waals surface area contributed by atoms with Crippen LogP contribution in [0.5, 0.6) is 0 Å². The number of rotatable bonds is 4. The minimum absolute atomic E-state index is 0.173. The fraction of sp³-hybridized carbons (Fsp3) is 0.471. The van der Waals surface area contributed by atoms with Crippen LogP contribution < -0.4 is 5.32 Å². The summed E-state index contributed by atoms with van der Waals surface area (Å²) in [6, 6.07) is 5.00. The van der Waals surface area contributed by atoms with E-state index in [2.05, 4.69) is 20.6 Å². The lowest BCUT2D eigenvalue weighted by Gasteiger charge is -2.01. The van der Waals surface area contributed by atoms with Gasteiger partial charge < -0.3 is 9.84 Å². The molecule has 0 aliphatic carbocycles. The molecule has 1 aliphatic rings. The van der Waals surface area contributed by atoms with Crippen molar-refractivity contribution in [1.29, 1.82) is 0 Å². The zero-order valence-electron chi connectivity index (χ0n) is 13.8. The second-order valence-electron chi connectivity index (χ2n) is 6.64. The highest BCUT2D eigenvalue weighted by Crippen LogP contribution is 2.28. The van der Waals surface area contributed by atoms with Gasteiger partial charge in [0.2, 0.25) is 5.89 Å². The number of hydrogen-bond donors (Lipinski definition) is 1. The normalized spacial score (nSPS) is 18.1. The number of benzene rings is 1. The van der Waals surface area contributed by atoms with Crippen LogP contribution in [0.2, 0.25) is 0 Å². The summed E-state index contributed by atoms with van der Waals surface area (Å²) < 4.78 is 21.2. The Morgan fingerprint density at radius 3 is 3.04 bits per heavy atom. The third-order valence-electron chi connectivity index (χ3n) is 4.50. The Balaban J connectivity index is 1.75. The van der Waals surface area contributed by atoms with Crippen LogP contribution in [0.1, 0.15) is 37.8 Å². The van der Waals surface area contributed by atoms with Crippen LogP contribution in [0.25, 0.3) is 16.9 Å². The zero-order chi connectivity index (χ0) is 16.7. The van der Waals surface area contributed by atoms with Crippen molar-refractivity contribution in [2.75, 3.05) is 13.1 Å². The van der Waals surface area contributed by atoms with E-state index < -0.39 is 0 Å². The second kappa shape index (κ2) is 5.98. The summed E-state index contributed by atoms with van der Waals surface area (Å²) in [7, 11) is 0. The fourth-order valence-electron chi connectivity index (χ4n) is 3.27. The van der Waals surface area contributed by atoms with Gasteiger partial charge in [-0.1, -0.05) is 26.0 Å². The number of halogens is 1. The lowest BCUT2D eigenvalue weighted by molar-refractivity contribution is 0.355. The molecule has 126 valence electrons. The van der Waals surface area contributed by atoms with Crippen LogP contribution in [0.15, 0.2) is 22.7 Å².